The van der Waals surface area contributed by atoms with Gasteiger partial charge < -0.3 is 0 Å². The van der Waals surface area contributed by atoms with Crippen LogP contribution in [0.2, 0.25) is 1.04 Å². The van der Waals surface area contributed by atoms with Crippen molar-refractivity contribution in [2.24, 2.45) is 5.41 Å². The maximum atomic E-state index is 12.3. The zero-order chi connectivity index (χ0) is 19.8. The minimum absolute atomic E-state index is 0.0226. The van der Waals surface area contributed by atoms with Gasteiger partial charge in [-0.15, -0.1) is 0 Å². The molecule has 0 aromatic carbocycles. The van der Waals surface area contributed by atoms with Gasteiger partial charge in [0.2, 0.25) is 0 Å². The molecule has 1 aliphatic heterocycles. The molecule has 0 saturated carbocycles. The van der Waals surface area contributed by atoms with E-state index in [0.717, 1.165) is 58.0 Å². The topological polar surface area (TPSA) is 60.9 Å². The Balaban J connectivity index is 0.00000277. The molecule has 138 valence electrons. The van der Waals surface area contributed by atoms with Crippen molar-refractivity contribution in [3.05, 3.63) is 0 Å². The van der Waals surface area contributed by atoms with E-state index in [4.69, 9.17) is 0 Å². The SMILES string of the molecule is CC.CN(CC#CC(C)(C)C)C1CCN(C(=O)[CH]([Pb])[Pb])C(C(=O)O)C1. The third-order valence-corrected chi connectivity index (χ3v) is 5.73. The van der Waals surface area contributed by atoms with Gasteiger partial charge in [-0.25, -0.2) is 0 Å². The van der Waals surface area contributed by atoms with Crippen LogP contribution in [-0.2, 0) is 9.59 Å². The average molecular weight is 737 g/mol. The number of nitrogens with zero attached hydrogens (tertiary/aromatic N) is 2. The summed E-state index contributed by atoms with van der Waals surface area (Å²) < 4.78 is 0.101. The van der Waals surface area contributed by atoms with Gasteiger partial charge in [0.15, 0.2) is 0 Å². The number of carboxylic acids is 1. The van der Waals surface area contributed by atoms with E-state index in [9.17, 15) is 14.7 Å². The van der Waals surface area contributed by atoms with E-state index in [-0.39, 0.29) is 18.4 Å². The molecule has 5 nitrogen and oxygen atoms in total. The minimum atomic E-state index is -0.888. The van der Waals surface area contributed by atoms with Crippen LogP contribution in [0.3, 0.4) is 0 Å². The monoisotopic (exact) mass is 738 g/mol. The van der Waals surface area contributed by atoms with Gasteiger partial charge in [0.1, 0.15) is 0 Å². The fourth-order valence-corrected chi connectivity index (χ4v) is 3.86. The van der Waals surface area contributed by atoms with Crippen molar-refractivity contribution >= 4 is 63.4 Å². The van der Waals surface area contributed by atoms with Crippen molar-refractivity contribution in [3.8, 4) is 11.8 Å². The summed E-state index contributed by atoms with van der Waals surface area (Å²) in [6.07, 6.45) is 1.31. The van der Waals surface area contributed by atoms with Crippen molar-refractivity contribution < 1.29 is 14.7 Å². The Morgan fingerprint density at radius 1 is 1.32 bits per heavy atom. The van der Waals surface area contributed by atoms with Crippen LogP contribution >= 0.6 is 0 Å². The summed E-state index contributed by atoms with van der Waals surface area (Å²) in [4.78, 5) is 27.6. The molecular weight excluding hydrogens is 707 g/mol. The number of hydrogen-bond donors (Lipinski definition) is 1. The first-order valence-corrected chi connectivity index (χ1v) is 13.2. The van der Waals surface area contributed by atoms with Gasteiger partial charge in [0.05, 0.1) is 0 Å². The van der Waals surface area contributed by atoms with Gasteiger partial charge in [0.25, 0.3) is 0 Å². The van der Waals surface area contributed by atoms with Crippen LogP contribution in [0.1, 0.15) is 47.5 Å². The molecular formula is C18H30N2O3Pb2. The number of carbonyl (C=O) groups is 2. The number of rotatable bonds is 4. The van der Waals surface area contributed by atoms with Crippen LogP contribution in [-0.4, -0.2) is 111 Å². The molecule has 1 N–H and O–H groups in total. The number of carboxylic acid groups (broad SMARTS) is 1. The summed E-state index contributed by atoms with van der Waals surface area (Å²) in [6.45, 7) is 11.4. The Bertz CT molecular complexity index is 507. The van der Waals surface area contributed by atoms with Crippen LogP contribution in [0.25, 0.3) is 0 Å². The summed E-state index contributed by atoms with van der Waals surface area (Å²) in [5, 5.41) is 9.50. The zero-order valence-electron chi connectivity index (χ0n) is 16.2. The van der Waals surface area contributed by atoms with E-state index in [1.807, 2.05) is 20.9 Å². The Morgan fingerprint density at radius 3 is 2.32 bits per heavy atom. The molecule has 7 heteroatoms. The third-order valence-electron chi connectivity index (χ3n) is 3.81. The number of aliphatic carboxylic acids is 1. The fourth-order valence-electron chi connectivity index (χ4n) is 2.57. The molecule has 0 aromatic rings. The molecule has 1 fully saturated rings. The van der Waals surface area contributed by atoms with Crippen LogP contribution in [0, 0.1) is 17.3 Å². The molecule has 1 saturated heterocycles. The van der Waals surface area contributed by atoms with Crippen molar-refractivity contribution in [2.45, 2.75) is 60.6 Å². The second-order valence-electron chi connectivity index (χ2n) is 6.96. The van der Waals surface area contributed by atoms with E-state index in [0.29, 0.717) is 19.5 Å². The first-order chi connectivity index (χ1) is 11.5. The molecule has 1 aliphatic rings. The molecule has 1 rings (SSSR count). The quantitative estimate of drug-likeness (QED) is 0.352. The maximum absolute atomic E-state index is 12.3. The summed E-state index contributed by atoms with van der Waals surface area (Å²) in [7, 11) is 1.99. The van der Waals surface area contributed by atoms with Crippen molar-refractivity contribution in [1.29, 1.82) is 0 Å². The Morgan fingerprint density at radius 2 is 1.88 bits per heavy atom. The van der Waals surface area contributed by atoms with E-state index in [2.05, 4.69) is 37.5 Å². The number of carbonyl (C=O) groups excluding carboxylic acids is 1. The Hall–Kier alpha value is 0.304. The summed E-state index contributed by atoms with van der Waals surface area (Å²) in [6, 6.07) is -0.527. The van der Waals surface area contributed by atoms with Gasteiger partial charge in [-0.1, -0.05) is 13.8 Å². The standard InChI is InChI=1S/C16H24N2O3.C2H6.2Pb/c1-12(19)18-10-7-13(11-14(18)15(20)21)17(5)9-6-8-16(2,3)4;1-2;;/h1,13-14H,7,9-11H2,2-5H3,(H,20,21);1-2H3;;. The molecule has 0 aromatic heterocycles. The second kappa shape index (κ2) is 11.9. The Kier molecular flexibility index (Phi) is 12.0. The number of likely N-dealkylation sites (tertiary alicyclic amines) is 1. The van der Waals surface area contributed by atoms with Crippen molar-refractivity contribution in [2.75, 3.05) is 20.1 Å². The second-order valence-corrected chi connectivity index (χ2v) is 20.2. The predicted molar refractivity (Wildman–Crippen MR) is 103 cm³/mol. The first kappa shape index (κ1) is 25.3. The summed E-state index contributed by atoms with van der Waals surface area (Å²) in [5.74, 6) is 5.54. The van der Waals surface area contributed by atoms with Crippen LogP contribution < -0.4 is 0 Å². The van der Waals surface area contributed by atoms with E-state index >= 15 is 0 Å². The van der Waals surface area contributed by atoms with Crippen LogP contribution in [0.4, 0.5) is 0 Å². The van der Waals surface area contributed by atoms with Gasteiger partial charge in [-0.2, -0.15) is 0 Å². The third kappa shape index (κ3) is 9.17. The molecule has 0 aliphatic carbocycles. The molecule has 0 spiro atoms. The molecule has 1 amide bonds. The molecule has 1 heterocycles. The van der Waals surface area contributed by atoms with Crippen molar-refractivity contribution in [1.82, 2.24) is 9.80 Å². The normalized spacial score (nSPS) is 20.5. The molecule has 25 heavy (non-hydrogen) atoms. The molecule has 0 bridgehead atoms. The average Bonchev–Trinajstić information content (AvgIpc) is 2.54. The van der Waals surface area contributed by atoms with Crippen LogP contribution in [0.5, 0.6) is 0 Å². The summed E-state index contributed by atoms with van der Waals surface area (Å²) >= 11 is 1.62. The van der Waals surface area contributed by atoms with Gasteiger partial charge in [0, 0.05) is 0 Å². The van der Waals surface area contributed by atoms with E-state index in [1.165, 1.54) is 0 Å². The molecule has 2 unspecified atom stereocenters. The first-order valence-electron chi connectivity index (χ1n) is 8.68. The number of hydrogen-bond acceptors (Lipinski definition) is 3. The zero-order valence-corrected chi connectivity index (χ0v) is 24.0. The molecule has 6 radical (unpaired) electrons. The van der Waals surface area contributed by atoms with Crippen molar-refractivity contribution in [3.63, 3.8) is 0 Å². The Labute approximate surface area is 184 Å². The van der Waals surface area contributed by atoms with Gasteiger partial charge >= 0.3 is 172 Å². The van der Waals surface area contributed by atoms with Crippen LogP contribution in [0.15, 0.2) is 0 Å². The number of piperidine rings is 1. The fraction of sp³-hybridized carbons (Fsp3) is 0.778. The van der Waals surface area contributed by atoms with Gasteiger partial charge in [-0.05, 0) is 0 Å². The van der Waals surface area contributed by atoms with E-state index < -0.39 is 12.0 Å². The molecule has 2 atom stereocenters. The number of amides is 1. The summed E-state index contributed by atoms with van der Waals surface area (Å²) in [5.41, 5.74) is -0.0226. The predicted octanol–water partition coefficient (Wildman–Crippen LogP) is 1.52. The van der Waals surface area contributed by atoms with Gasteiger partial charge in [-0.3, -0.25) is 0 Å². The van der Waals surface area contributed by atoms with E-state index in [1.54, 1.807) is 4.90 Å².